The van der Waals surface area contributed by atoms with Crippen molar-refractivity contribution in [3.8, 4) is 0 Å². The third-order valence-electron chi connectivity index (χ3n) is 6.39. The first kappa shape index (κ1) is 26.0. The topological polar surface area (TPSA) is 87.4 Å². The molecule has 2 aliphatic rings. The molecule has 3 N–H and O–H groups in total. The fraction of sp³-hybridized carbons (Fsp3) is 0.522. The Morgan fingerprint density at radius 2 is 1.86 bits per heavy atom. The molecule has 13 heteroatoms. The van der Waals surface area contributed by atoms with Gasteiger partial charge in [-0.05, 0) is 43.5 Å². The van der Waals surface area contributed by atoms with Gasteiger partial charge in [0.2, 0.25) is 11.7 Å². The summed E-state index contributed by atoms with van der Waals surface area (Å²) in [5, 5.41) is 2.67. The number of piperidine rings is 1. The van der Waals surface area contributed by atoms with Gasteiger partial charge in [-0.15, -0.1) is 0 Å². The van der Waals surface area contributed by atoms with Crippen LogP contribution in [0.1, 0.15) is 30.4 Å². The summed E-state index contributed by atoms with van der Waals surface area (Å²) in [6.07, 6.45) is -1.72. The number of rotatable bonds is 9. The summed E-state index contributed by atoms with van der Waals surface area (Å²) in [6.45, 7) is -0.734. The Labute approximate surface area is 203 Å². The number of primary amides is 1. The average molecular weight is 516 g/mol. The van der Waals surface area contributed by atoms with E-state index in [2.05, 4.69) is 15.3 Å². The van der Waals surface area contributed by atoms with Gasteiger partial charge in [0.05, 0.1) is 18.7 Å². The minimum absolute atomic E-state index is 0.0385. The molecular weight excluding hydrogens is 490 g/mol. The number of nitrogens with two attached hydrogens (primary N) is 1. The van der Waals surface area contributed by atoms with Gasteiger partial charge in [-0.25, -0.2) is 18.7 Å². The van der Waals surface area contributed by atoms with Gasteiger partial charge in [0.25, 0.3) is 5.92 Å². The Bertz CT molecular complexity index is 1080. The molecule has 1 amide bonds. The van der Waals surface area contributed by atoms with Crippen molar-refractivity contribution < 1.29 is 31.1 Å². The van der Waals surface area contributed by atoms with Crippen molar-refractivity contribution >= 4 is 17.5 Å². The minimum atomic E-state index is -4.46. The maximum atomic E-state index is 15.4. The van der Waals surface area contributed by atoms with Gasteiger partial charge < -0.3 is 16.0 Å². The lowest BCUT2D eigenvalue weighted by Crippen LogP contribution is -2.52. The number of carbonyl (C=O) groups is 1. The Morgan fingerprint density at radius 3 is 2.44 bits per heavy atom. The number of hydrogen-bond donors (Lipinski definition) is 2. The van der Waals surface area contributed by atoms with E-state index < -0.39 is 41.8 Å². The summed E-state index contributed by atoms with van der Waals surface area (Å²) in [6, 6.07) is 4.58. The highest BCUT2D eigenvalue weighted by Crippen LogP contribution is 2.36. The highest BCUT2D eigenvalue weighted by Gasteiger charge is 2.44. The first-order valence-electron chi connectivity index (χ1n) is 11.5. The molecule has 1 aromatic heterocycles. The van der Waals surface area contributed by atoms with E-state index in [0.29, 0.717) is 5.56 Å². The first-order chi connectivity index (χ1) is 16.9. The Kier molecular flexibility index (Phi) is 7.30. The molecule has 0 bridgehead atoms. The molecule has 0 spiro atoms. The van der Waals surface area contributed by atoms with E-state index >= 15 is 4.39 Å². The van der Waals surface area contributed by atoms with Crippen LogP contribution in [-0.4, -0.2) is 58.9 Å². The maximum absolute atomic E-state index is 15.4. The number of carbonyl (C=O) groups excluding carboxylic acids is 1. The Hall–Kier alpha value is -3.09. The molecule has 2 fully saturated rings. The Morgan fingerprint density at radius 1 is 1.17 bits per heavy atom. The van der Waals surface area contributed by atoms with E-state index in [1.54, 1.807) is 4.90 Å². The highest BCUT2D eigenvalue weighted by atomic mass is 19.4. The van der Waals surface area contributed by atoms with Crippen molar-refractivity contribution in [3.05, 3.63) is 47.5 Å². The fourth-order valence-electron chi connectivity index (χ4n) is 4.33. The number of hydrogen-bond acceptors (Lipinski definition) is 6. The number of nitrogens with one attached hydrogen (secondary N) is 1. The van der Waals surface area contributed by atoms with Gasteiger partial charge in [0, 0.05) is 25.0 Å². The summed E-state index contributed by atoms with van der Waals surface area (Å²) in [4.78, 5) is 21.9. The molecule has 1 aliphatic carbocycles. The number of halogens is 6. The van der Waals surface area contributed by atoms with Gasteiger partial charge in [0.15, 0.2) is 11.6 Å². The average Bonchev–Trinajstić information content (AvgIpc) is 3.62. The number of nitrogens with zero attached hydrogens (tertiary/aromatic N) is 4. The standard InChI is InChI=1S/C23H26F6N6O/c24-19-20(31-9-16-7-8-34(11-18(30)36)12-22(16,25)26)32-13-33-21(19)35(17-5-6-17)10-14-1-3-15(4-2-14)23(27,28)29/h1-4,13,16-17H,5-12H2,(H2,30,36)(H,31,32,33)/t16-/m0/s1. The molecule has 1 aliphatic heterocycles. The molecule has 0 unspecified atom stereocenters. The quantitative estimate of drug-likeness (QED) is 0.495. The lowest BCUT2D eigenvalue weighted by molar-refractivity contribution is -0.137. The molecule has 2 heterocycles. The van der Waals surface area contributed by atoms with Crippen molar-refractivity contribution in [2.24, 2.45) is 11.7 Å². The molecule has 4 rings (SSSR count). The van der Waals surface area contributed by atoms with E-state index in [0.717, 1.165) is 31.3 Å². The van der Waals surface area contributed by atoms with Crippen LogP contribution in [0.4, 0.5) is 38.0 Å². The van der Waals surface area contributed by atoms with Crippen LogP contribution >= 0.6 is 0 Å². The van der Waals surface area contributed by atoms with E-state index in [1.807, 2.05) is 0 Å². The number of amides is 1. The number of benzene rings is 1. The molecule has 0 radical (unpaired) electrons. The van der Waals surface area contributed by atoms with Crippen molar-refractivity contribution in [1.82, 2.24) is 14.9 Å². The van der Waals surface area contributed by atoms with E-state index in [4.69, 9.17) is 5.73 Å². The second kappa shape index (κ2) is 10.1. The zero-order chi connectivity index (χ0) is 26.1. The van der Waals surface area contributed by atoms with E-state index in [1.165, 1.54) is 17.0 Å². The number of anilines is 2. The lowest BCUT2D eigenvalue weighted by atomic mass is 9.92. The largest absolute Gasteiger partial charge is 0.416 e. The molecule has 2 aromatic rings. The van der Waals surface area contributed by atoms with Gasteiger partial charge in [-0.3, -0.25) is 9.69 Å². The molecule has 1 saturated heterocycles. The summed E-state index contributed by atoms with van der Waals surface area (Å²) < 4.78 is 83.1. The van der Waals surface area contributed by atoms with Crippen LogP contribution in [0.5, 0.6) is 0 Å². The van der Waals surface area contributed by atoms with Gasteiger partial charge in [0.1, 0.15) is 6.33 Å². The second-order valence-electron chi connectivity index (χ2n) is 9.22. The first-order valence-corrected chi connectivity index (χ1v) is 11.5. The molecule has 7 nitrogen and oxygen atoms in total. The molecule has 1 atom stereocenters. The monoisotopic (exact) mass is 516 g/mol. The van der Waals surface area contributed by atoms with Crippen LogP contribution in [0.25, 0.3) is 0 Å². The summed E-state index contributed by atoms with van der Waals surface area (Å²) >= 11 is 0. The second-order valence-corrected chi connectivity index (χ2v) is 9.22. The fourth-order valence-corrected chi connectivity index (χ4v) is 4.33. The smallest absolute Gasteiger partial charge is 0.369 e. The number of likely N-dealkylation sites (tertiary alicyclic amines) is 1. The van der Waals surface area contributed by atoms with Crippen LogP contribution < -0.4 is 16.0 Å². The summed E-state index contributed by atoms with van der Waals surface area (Å²) in [5.41, 5.74) is 4.86. The molecule has 196 valence electrons. The van der Waals surface area contributed by atoms with Gasteiger partial charge >= 0.3 is 6.18 Å². The normalized spacial score (nSPS) is 20.2. The highest BCUT2D eigenvalue weighted by molar-refractivity contribution is 5.75. The van der Waals surface area contributed by atoms with Gasteiger partial charge in [-0.1, -0.05) is 12.1 Å². The summed E-state index contributed by atoms with van der Waals surface area (Å²) in [5.74, 6) is -5.99. The number of alkyl halides is 5. The van der Waals surface area contributed by atoms with Crippen LogP contribution in [0, 0.1) is 11.7 Å². The van der Waals surface area contributed by atoms with E-state index in [9.17, 15) is 26.7 Å². The Balaban J connectivity index is 1.45. The molecule has 1 saturated carbocycles. The zero-order valence-corrected chi connectivity index (χ0v) is 19.2. The van der Waals surface area contributed by atoms with Crippen molar-refractivity contribution in [3.63, 3.8) is 0 Å². The predicted octanol–water partition coefficient (Wildman–Crippen LogP) is 3.66. The lowest BCUT2D eigenvalue weighted by Gasteiger charge is -2.37. The van der Waals surface area contributed by atoms with Crippen molar-refractivity contribution in [2.45, 2.75) is 43.9 Å². The third kappa shape index (κ3) is 6.18. The van der Waals surface area contributed by atoms with Crippen LogP contribution in [0.15, 0.2) is 30.6 Å². The van der Waals surface area contributed by atoms with E-state index in [-0.39, 0.29) is 50.3 Å². The summed E-state index contributed by atoms with van der Waals surface area (Å²) in [7, 11) is 0. The van der Waals surface area contributed by atoms with Crippen LogP contribution in [0.3, 0.4) is 0 Å². The number of aromatic nitrogens is 2. The minimum Gasteiger partial charge on any atom is -0.369 e. The van der Waals surface area contributed by atoms with Crippen LogP contribution in [-0.2, 0) is 17.5 Å². The third-order valence-corrected chi connectivity index (χ3v) is 6.39. The van der Waals surface area contributed by atoms with Gasteiger partial charge in [-0.2, -0.15) is 17.6 Å². The van der Waals surface area contributed by atoms with Crippen molar-refractivity contribution in [1.29, 1.82) is 0 Å². The van der Waals surface area contributed by atoms with Crippen LogP contribution in [0.2, 0.25) is 0 Å². The maximum Gasteiger partial charge on any atom is 0.416 e. The van der Waals surface area contributed by atoms with Crippen molar-refractivity contribution in [2.75, 3.05) is 36.4 Å². The molecule has 36 heavy (non-hydrogen) atoms. The predicted molar refractivity (Wildman–Crippen MR) is 120 cm³/mol. The molecule has 1 aromatic carbocycles. The molecular formula is C23H26F6N6O. The SMILES string of the molecule is NC(=O)CN1CC[C@@H](CNc2ncnc(N(Cc3ccc(C(F)(F)F)cc3)C3CC3)c2F)C(F)(F)C1. The zero-order valence-electron chi connectivity index (χ0n) is 19.2.